The van der Waals surface area contributed by atoms with Crippen molar-refractivity contribution in [3.63, 3.8) is 0 Å². The van der Waals surface area contributed by atoms with Crippen molar-refractivity contribution in [3.05, 3.63) is 69.7 Å². The predicted molar refractivity (Wildman–Crippen MR) is 103 cm³/mol. The Morgan fingerprint density at radius 2 is 1.85 bits per heavy atom. The van der Waals surface area contributed by atoms with Crippen molar-refractivity contribution in [3.8, 4) is 0 Å². The van der Waals surface area contributed by atoms with Gasteiger partial charge >= 0.3 is 0 Å². The van der Waals surface area contributed by atoms with Crippen LogP contribution in [-0.4, -0.2) is 29.8 Å². The number of hydrogen-bond donors (Lipinski definition) is 1. The van der Waals surface area contributed by atoms with E-state index in [4.69, 9.17) is 23.2 Å². The van der Waals surface area contributed by atoms with E-state index in [0.29, 0.717) is 35.2 Å². The molecule has 6 heteroatoms. The van der Waals surface area contributed by atoms with E-state index in [1.807, 2.05) is 30.3 Å². The summed E-state index contributed by atoms with van der Waals surface area (Å²) >= 11 is 11.9. The summed E-state index contributed by atoms with van der Waals surface area (Å²) in [6.07, 6.45) is 1.59. The second-order valence-corrected chi connectivity index (χ2v) is 7.24. The van der Waals surface area contributed by atoms with Gasteiger partial charge in [0.05, 0.1) is 16.0 Å². The molecular weight excluding hydrogens is 371 g/mol. The molecule has 1 aliphatic heterocycles. The molecule has 0 radical (unpaired) electrons. The van der Waals surface area contributed by atoms with Crippen molar-refractivity contribution in [2.75, 3.05) is 13.1 Å². The van der Waals surface area contributed by atoms with Gasteiger partial charge in [0.2, 0.25) is 5.91 Å². The predicted octanol–water partition coefficient (Wildman–Crippen LogP) is 4.16. The standard InChI is InChI=1S/C20H20Cl2N2O2/c21-17-9-8-15(11-18(17)22)20(26)24-10-4-7-16(13-24)19(25)23-12-14-5-2-1-3-6-14/h1-3,5-6,8-9,11,16H,4,7,10,12-13H2,(H,23,25). The van der Waals surface area contributed by atoms with E-state index in [2.05, 4.69) is 5.32 Å². The van der Waals surface area contributed by atoms with Crippen LogP contribution in [0.1, 0.15) is 28.8 Å². The van der Waals surface area contributed by atoms with E-state index in [9.17, 15) is 9.59 Å². The molecule has 1 unspecified atom stereocenters. The van der Waals surface area contributed by atoms with E-state index >= 15 is 0 Å². The fraction of sp³-hybridized carbons (Fsp3) is 0.300. The molecule has 0 spiro atoms. The Morgan fingerprint density at radius 1 is 1.08 bits per heavy atom. The fourth-order valence-electron chi connectivity index (χ4n) is 3.12. The highest BCUT2D eigenvalue weighted by Crippen LogP contribution is 2.25. The van der Waals surface area contributed by atoms with Crippen molar-refractivity contribution in [2.45, 2.75) is 19.4 Å². The van der Waals surface area contributed by atoms with Crippen LogP contribution in [0.4, 0.5) is 0 Å². The summed E-state index contributed by atoms with van der Waals surface area (Å²) in [6, 6.07) is 14.6. The van der Waals surface area contributed by atoms with Gasteiger partial charge in [0.15, 0.2) is 0 Å². The van der Waals surface area contributed by atoms with Gasteiger partial charge in [0.25, 0.3) is 5.91 Å². The molecule has 2 aromatic carbocycles. The van der Waals surface area contributed by atoms with E-state index in [0.717, 1.165) is 18.4 Å². The molecule has 1 saturated heterocycles. The van der Waals surface area contributed by atoms with Gasteiger partial charge < -0.3 is 10.2 Å². The first kappa shape index (κ1) is 18.7. The van der Waals surface area contributed by atoms with E-state index < -0.39 is 0 Å². The largest absolute Gasteiger partial charge is 0.352 e. The molecule has 0 aliphatic carbocycles. The van der Waals surface area contributed by atoms with Crippen LogP contribution in [0.15, 0.2) is 48.5 Å². The fourth-order valence-corrected chi connectivity index (χ4v) is 3.41. The van der Waals surface area contributed by atoms with E-state index in [-0.39, 0.29) is 17.7 Å². The molecule has 26 heavy (non-hydrogen) atoms. The lowest BCUT2D eigenvalue weighted by atomic mass is 9.96. The maximum atomic E-state index is 12.7. The second-order valence-electron chi connectivity index (χ2n) is 6.42. The average molecular weight is 391 g/mol. The number of carbonyl (C=O) groups excluding carboxylic acids is 2. The number of carbonyl (C=O) groups is 2. The lowest BCUT2D eigenvalue weighted by Crippen LogP contribution is -2.45. The summed E-state index contributed by atoms with van der Waals surface area (Å²) < 4.78 is 0. The third kappa shape index (κ3) is 4.57. The molecule has 1 heterocycles. The van der Waals surface area contributed by atoms with Gasteiger partial charge in [0.1, 0.15) is 0 Å². The molecule has 0 bridgehead atoms. The third-order valence-corrected chi connectivity index (χ3v) is 5.29. The van der Waals surface area contributed by atoms with Gasteiger partial charge in [-0.3, -0.25) is 9.59 Å². The lowest BCUT2D eigenvalue weighted by Gasteiger charge is -2.32. The van der Waals surface area contributed by atoms with E-state index in [1.165, 1.54) is 0 Å². The molecule has 0 aromatic heterocycles. The van der Waals surface area contributed by atoms with E-state index in [1.54, 1.807) is 23.1 Å². The van der Waals surface area contributed by atoms with Gasteiger partial charge in [0, 0.05) is 25.2 Å². The van der Waals surface area contributed by atoms with Crippen LogP contribution in [0.3, 0.4) is 0 Å². The van der Waals surface area contributed by atoms with Crippen molar-refractivity contribution in [2.24, 2.45) is 5.92 Å². The minimum absolute atomic E-state index is 0.0134. The summed E-state index contributed by atoms with van der Waals surface area (Å²) in [5.74, 6) is -0.330. The quantitative estimate of drug-likeness (QED) is 0.851. The maximum Gasteiger partial charge on any atom is 0.253 e. The van der Waals surface area contributed by atoms with Crippen molar-refractivity contribution in [1.29, 1.82) is 0 Å². The first-order chi connectivity index (χ1) is 12.5. The number of benzene rings is 2. The zero-order chi connectivity index (χ0) is 18.5. The number of rotatable bonds is 4. The molecule has 1 atom stereocenters. The summed E-state index contributed by atoms with van der Waals surface area (Å²) in [5.41, 5.74) is 1.55. The Hall–Kier alpha value is -2.04. The van der Waals surface area contributed by atoms with Crippen LogP contribution in [0.2, 0.25) is 10.0 Å². The zero-order valence-electron chi connectivity index (χ0n) is 14.3. The second kappa shape index (κ2) is 8.56. The highest BCUT2D eigenvalue weighted by atomic mass is 35.5. The minimum atomic E-state index is -0.195. The molecule has 136 valence electrons. The Kier molecular flexibility index (Phi) is 6.17. The Morgan fingerprint density at radius 3 is 2.58 bits per heavy atom. The lowest BCUT2D eigenvalue weighted by molar-refractivity contribution is -0.126. The normalized spacial score (nSPS) is 17.0. The number of likely N-dealkylation sites (tertiary alicyclic amines) is 1. The van der Waals surface area contributed by atoms with Crippen LogP contribution in [-0.2, 0) is 11.3 Å². The SMILES string of the molecule is O=C(NCc1ccccc1)C1CCCN(C(=O)c2ccc(Cl)c(Cl)c2)C1. The summed E-state index contributed by atoms with van der Waals surface area (Å²) in [7, 11) is 0. The topological polar surface area (TPSA) is 49.4 Å². The van der Waals surface area contributed by atoms with Crippen LogP contribution < -0.4 is 5.32 Å². The molecule has 1 fully saturated rings. The molecule has 2 amide bonds. The van der Waals surface area contributed by atoms with Crippen LogP contribution in [0.5, 0.6) is 0 Å². The zero-order valence-corrected chi connectivity index (χ0v) is 15.8. The van der Waals surface area contributed by atoms with Gasteiger partial charge in [-0.1, -0.05) is 53.5 Å². The Bertz CT molecular complexity index is 796. The van der Waals surface area contributed by atoms with Gasteiger partial charge in [-0.15, -0.1) is 0 Å². The molecule has 1 aliphatic rings. The summed E-state index contributed by atoms with van der Waals surface area (Å²) in [6.45, 7) is 1.55. The van der Waals surface area contributed by atoms with Crippen molar-refractivity contribution < 1.29 is 9.59 Å². The smallest absolute Gasteiger partial charge is 0.253 e. The number of nitrogens with zero attached hydrogens (tertiary/aromatic N) is 1. The molecule has 0 saturated carbocycles. The molecule has 1 N–H and O–H groups in total. The first-order valence-electron chi connectivity index (χ1n) is 8.60. The number of halogens is 2. The Balaban J connectivity index is 1.60. The highest BCUT2D eigenvalue weighted by molar-refractivity contribution is 6.42. The number of hydrogen-bond acceptors (Lipinski definition) is 2. The summed E-state index contributed by atoms with van der Waals surface area (Å²) in [5, 5.41) is 3.74. The molecule has 4 nitrogen and oxygen atoms in total. The average Bonchev–Trinajstić information content (AvgIpc) is 2.68. The number of nitrogens with one attached hydrogen (secondary N) is 1. The number of piperidine rings is 1. The van der Waals surface area contributed by atoms with Crippen molar-refractivity contribution >= 4 is 35.0 Å². The molecule has 3 rings (SSSR count). The highest BCUT2D eigenvalue weighted by Gasteiger charge is 2.29. The summed E-state index contributed by atoms with van der Waals surface area (Å²) in [4.78, 5) is 26.9. The minimum Gasteiger partial charge on any atom is -0.352 e. The Labute approximate surface area is 163 Å². The monoisotopic (exact) mass is 390 g/mol. The first-order valence-corrected chi connectivity index (χ1v) is 9.36. The van der Waals surface area contributed by atoms with Crippen molar-refractivity contribution in [1.82, 2.24) is 10.2 Å². The van der Waals surface area contributed by atoms with Gasteiger partial charge in [-0.25, -0.2) is 0 Å². The van der Waals surface area contributed by atoms with Crippen LogP contribution in [0.25, 0.3) is 0 Å². The maximum absolute atomic E-state index is 12.7. The van der Waals surface area contributed by atoms with Gasteiger partial charge in [-0.05, 0) is 36.6 Å². The molecular formula is C20H20Cl2N2O2. The van der Waals surface area contributed by atoms with Crippen LogP contribution in [0, 0.1) is 5.92 Å². The third-order valence-electron chi connectivity index (χ3n) is 4.56. The van der Waals surface area contributed by atoms with Crippen LogP contribution >= 0.6 is 23.2 Å². The van der Waals surface area contributed by atoms with Gasteiger partial charge in [-0.2, -0.15) is 0 Å². The number of amides is 2. The molecule has 2 aromatic rings.